The van der Waals surface area contributed by atoms with Crippen LogP contribution in [0.4, 0.5) is 4.79 Å². The van der Waals surface area contributed by atoms with Crippen LogP contribution >= 0.6 is 0 Å². The molecule has 0 bridgehead atoms. The zero-order chi connectivity index (χ0) is 23.9. The monoisotopic (exact) mass is 472 g/mol. The molecule has 3 saturated heterocycles. The van der Waals surface area contributed by atoms with E-state index in [1.807, 2.05) is 0 Å². The molecular formula is C26H40N4O4. The van der Waals surface area contributed by atoms with Crippen LogP contribution in [-0.4, -0.2) is 104 Å². The van der Waals surface area contributed by atoms with Gasteiger partial charge in [-0.3, -0.25) is 19.5 Å². The minimum absolute atomic E-state index is 0.191. The van der Waals surface area contributed by atoms with Gasteiger partial charge in [0.1, 0.15) is 0 Å². The van der Waals surface area contributed by atoms with Gasteiger partial charge in [-0.05, 0) is 43.8 Å². The number of likely N-dealkylation sites (N-methyl/N-ethyl adjacent to an activating group) is 1. The molecule has 8 heteroatoms. The highest BCUT2D eigenvalue weighted by Gasteiger charge is 2.39. The third-order valence-electron chi connectivity index (χ3n) is 7.65. The number of rotatable bonds is 9. The molecule has 2 atom stereocenters. The third kappa shape index (κ3) is 6.71. The Hall–Kier alpha value is -2.16. The zero-order valence-corrected chi connectivity index (χ0v) is 20.7. The number of piperazine rings is 1. The maximum absolute atomic E-state index is 11.9. The predicted molar refractivity (Wildman–Crippen MR) is 130 cm³/mol. The van der Waals surface area contributed by atoms with Gasteiger partial charge in [0, 0.05) is 39.3 Å². The maximum atomic E-state index is 11.9. The summed E-state index contributed by atoms with van der Waals surface area (Å²) >= 11 is 0. The Morgan fingerprint density at radius 1 is 1.03 bits per heavy atom. The van der Waals surface area contributed by atoms with Gasteiger partial charge in [-0.2, -0.15) is 0 Å². The van der Waals surface area contributed by atoms with Crippen LogP contribution in [0.25, 0.3) is 0 Å². The van der Waals surface area contributed by atoms with Gasteiger partial charge in [0.05, 0.1) is 20.2 Å². The summed E-state index contributed by atoms with van der Waals surface area (Å²) in [6, 6.07) is 11.0. The fourth-order valence-corrected chi connectivity index (χ4v) is 5.60. The molecule has 4 rings (SSSR count). The largest absolute Gasteiger partial charge is 0.468 e. The standard InChI is InChI=1S/C26H40N4O4/c1-27-19-24(34-26(27)32)30-16-15-29(20-25(31)33-2)18-23(30)10-6-9-21-11-13-28(14-12-21)17-22-7-4-3-5-8-22/h3-5,7-8,21,23-24H,6,9-20H2,1-2H3. The second-order valence-electron chi connectivity index (χ2n) is 10.1. The Morgan fingerprint density at radius 3 is 2.47 bits per heavy atom. The number of methoxy groups -OCH3 is 1. The molecule has 3 fully saturated rings. The number of ether oxygens (including phenoxy) is 2. The van der Waals surface area contributed by atoms with Crippen LogP contribution in [0, 0.1) is 5.92 Å². The number of likely N-dealkylation sites (tertiary alicyclic amines) is 1. The van der Waals surface area contributed by atoms with E-state index in [4.69, 9.17) is 9.47 Å². The lowest BCUT2D eigenvalue weighted by molar-refractivity contribution is -0.143. The summed E-state index contributed by atoms with van der Waals surface area (Å²) in [5, 5.41) is 0. The number of carbonyl (C=O) groups is 2. The number of cyclic esters (lactones) is 1. The van der Waals surface area contributed by atoms with Crippen LogP contribution in [0.3, 0.4) is 0 Å². The van der Waals surface area contributed by atoms with E-state index in [9.17, 15) is 9.59 Å². The molecule has 0 spiro atoms. The lowest BCUT2D eigenvalue weighted by Gasteiger charge is -2.43. The first-order valence-corrected chi connectivity index (χ1v) is 12.7. The first-order valence-electron chi connectivity index (χ1n) is 12.7. The van der Waals surface area contributed by atoms with E-state index in [2.05, 4.69) is 45.0 Å². The number of hydrogen-bond donors (Lipinski definition) is 0. The van der Waals surface area contributed by atoms with E-state index < -0.39 is 0 Å². The van der Waals surface area contributed by atoms with Gasteiger partial charge in [-0.15, -0.1) is 0 Å². The van der Waals surface area contributed by atoms with Crippen LogP contribution in [-0.2, 0) is 20.8 Å². The number of carbonyl (C=O) groups excluding carboxylic acids is 2. The fraction of sp³-hybridized carbons (Fsp3) is 0.692. The molecule has 1 aromatic rings. The normalized spacial score (nSPS) is 25.5. The van der Waals surface area contributed by atoms with Gasteiger partial charge in [0.15, 0.2) is 6.23 Å². The summed E-state index contributed by atoms with van der Waals surface area (Å²) in [7, 11) is 3.23. The van der Waals surface area contributed by atoms with Gasteiger partial charge >= 0.3 is 12.1 Å². The lowest BCUT2D eigenvalue weighted by Crippen LogP contribution is -2.58. The fourth-order valence-electron chi connectivity index (χ4n) is 5.60. The van der Waals surface area contributed by atoms with Crippen molar-refractivity contribution < 1.29 is 19.1 Å². The van der Waals surface area contributed by atoms with Gasteiger partial charge in [-0.1, -0.05) is 43.2 Å². The topological polar surface area (TPSA) is 65.6 Å². The van der Waals surface area contributed by atoms with Gasteiger partial charge in [0.25, 0.3) is 0 Å². The van der Waals surface area contributed by atoms with Crippen molar-refractivity contribution in [3.63, 3.8) is 0 Å². The molecule has 0 aromatic heterocycles. The molecule has 1 amide bonds. The maximum Gasteiger partial charge on any atom is 0.411 e. The summed E-state index contributed by atoms with van der Waals surface area (Å²) in [6.07, 6.45) is 5.55. The van der Waals surface area contributed by atoms with Crippen molar-refractivity contribution in [1.82, 2.24) is 19.6 Å². The van der Waals surface area contributed by atoms with E-state index in [0.717, 1.165) is 44.9 Å². The Bertz CT molecular complexity index is 799. The van der Waals surface area contributed by atoms with Crippen LogP contribution in [0.1, 0.15) is 37.7 Å². The molecule has 1 aromatic carbocycles. The zero-order valence-electron chi connectivity index (χ0n) is 20.7. The molecule has 0 radical (unpaired) electrons. The number of amides is 1. The van der Waals surface area contributed by atoms with Gasteiger partial charge in [-0.25, -0.2) is 4.79 Å². The third-order valence-corrected chi connectivity index (χ3v) is 7.65. The second kappa shape index (κ2) is 12.0. The highest BCUT2D eigenvalue weighted by atomic mass is 16.6. The van der Waals surface area contributed by atoms with E-state index in [1.165, 1.54) is 45.0 Å². The average molecular weight is 473 g/mol. The average Bonchev–Trinajstić information content (AvgIpc) is 3.18. The quantitative estimate of drug-likeness (QED) is 0.512. The van der Waals surface area contributed by atoms with E-state index in [0.29, 0.717) is 13.1 Å². The van der Waals surface area contributed by atoms with Gasteiger partial charge in [0.2, 0.25) is 0 Å². The van der Waals surface area contributed by atoms with E-state index in [1.54, 1.807) is 11.9 Å². The Balaban J connectivity index is 1.24. The molecular weight excluding hydrogens is 432 g/mol. The Kier molecular flexibility index (Phi) is 8.80. The number of hydrogen-bond acceptors (Lipinski definition) is 7. The minimum atomic E-state index is -0.247. The number of benzene rings is 1. The van der Waals surface area contributed by atoms with Gasteiger partial charge < -0.3 is 14.4 Å². The highest BCUT2D eigenvalue weighted by molar-refractivity contribution is 5.71. The number of piperidine rings is 1. The van der Waals surface area contributed by atoms with Crippen molar-refractivity contribution in [2.75, 3.05) is 60.0 Å². The second-order valence-corrected chi connectivity index (χ2v) is 10.1. The van der Waals surface area contributed by atoms with Crippen molar-refractivity contribution in [2.45, 2.75) is 50.9 Å². The molecule has 0 aliphatic carbocycles. The highest BCUT2D eigenvalue weighted by Crippen LogP contribution is 2.27. The van der Waals surface area contributed by atoms with Crippen molar-refractivity contribution in [1.29, 1.82) is 0 Å². The predicted octanol–water partition coefficient (Wildman–Crippen LogP) is 2.64. The Morgan fingerprint density at radius 2 is 1.79 bits per heavy atom. The Labute approximate surface area is 203 Å². The van der Waals surface area contributed by atoms with Crippen LogP contribution < -0.4 is 0 Å². The molecule has 0 N–H and O–H groups in total. The van der Waals surface area contributed by atoms with Crippen molar-refractivity contribution in [3.8, 4) is 0 Å². The molecule has 34 heavy (non-hydrogen) atoms. The molecule has 0 saturated carbocycles. The van der Waals surface area contributed by atoms with E-state index in [-0.39, 0.29) is 24.3 Å². The molecule has 8 nitrogen and oxygen atoms in total. The molecule has 3 aliphatic rings. The van der Waals surface area contributed by atoms with Crippen LogP contribution in [0.5, 0.6) is 0 Å². The number of esters is 1. The van der Waals surface area contributed by atoms with Crippen molar-refractivity contribution >= 4 is 12.1 Å². The molecule has 2 unspecified atom stereocenters. The molecule has 3 heterocycles. The summed E-state index contributed by atoms with van der Waals surface area (Å²) in [5.74, 6) is 0.590. The first-order chi connectivity index (χ1) is 16.5. The summed E-state index contributed by atoms with van der Waals surface area (Å²) in [5.41, 5.74) is 1.40. The summed E-state index contributed by atoms with van der Waals surface area (Å²) in [6.45, 7) is 6.71. The first kappa shape index (κ1) is 24.9. The minimum Gasteiger partial charge on any atom is -0.468 e. The van der Waals surface area contributed by atoms with E-state index >= 15 is 0 Å². The molecule has 3 aliphatic heterocycles. The SMILES string of the molecule is COC(=O)CN1CCN(C2CN(C)C(=O)O2)C(CCCC2CCN(Cc3ccccc3)CC2)C1. The lowest BCUT2D eigenvalue weighted by atomic mass is 9.90. The smallest absolute Gasteiger partial charge is 0.411 e. The summed E-state index contributed by atoms with van der Waals surface area (Å²) in [4.78, 5) is 32.5. The van der Waals surface area contributed by atoms with Crippen molar-refractivity contribution in [2.24, 2.45) is 5.92 Å². The number of nitrogens with zero attached hydrogens (tertiary/aromatic N) is 4. The molecule has 188 valence electrons. The summed E-state index contributed by atoms with van der Waals surface area (Å²) < 4.78 is 10.5. The van der Waals surface area contributed by atoms with Crippen LogP contribution in [0.15, 0.2) is 30.3 Å². The van der Waals surface area contributed by atoms with Crippen LogP contribution in [0.2, 0.25) is 0 Å². The van der Waals surface area contributed by atoms with Crippen molar-refractivity contribution in [3.05, 3.63) is 35.9 Å².